The first kappa shape index (κ1) is 7.24. The van der Waals surface area contributed by atoms with E-state index in [2.05, 4.69) is 15.0 Å². The van der Waals surface area contributed by atoms with Crippen molar-refractivity contribution in [2.45, 2.75) is 0 Å². The van der Waals surface area contributed by atoms with Crippen LogP contribution in [0.25, 0.3) is 11.2 Å². The van der Waals surface area contributed by atoms with Gasteiger partial charge < -0.3 is 4.98 Å². The van der Waals surface area contributed by atoms with Crippen LogP contribution in [0, 0.1) is 0 Å². The molecule has 2 aromatic rings. The number of hydrogen-bond donors (Lipinski definition) is 1. The molecule has 12 heavy (non-hydrogen) atoms. The third-order valence-corrected chi connectivity index (χ3v) is 1.68. The van der Waals surface area contributed by atoms with Crippen molar-refractivity contribution < 1.29 is 0 Å². The Bertz CT molecular complexity index is 479. The minimum atomic E-state index is -0.392. The van der Waals surface area contributed by atoms with Crippen LogP contribution in [-0.4, -0.2) is 15.0 Å². The van der Waals surface area contributed by atoms with E-state index in [1.807, 2.05) is 0 Å². The average Bonchev–Trinajstić information content (AvgIpc) is 2.07. The summed E-state index contributed by atoms with van der Waals surface area (Å²) < 4.78 is 0. The highest BCUT2D eigenvalue weighted by Crippen LogP contribution is 2.04. The van der Waals surface area contributed by atoms with Gasteiger partial charge in [0.1, 0.15) is 0 Å². The van der Waals surface area contributed by atoms with Crippen LogP contribution in [0.1, 0.15) is 0 Å². The zero-order valence-corrected chi connectivity index (χ0v) is 6.67. The highest BCUT2D eigenvalue weighted by Gasteiger charge is 2.00. The Balaban J connectivity index is 2.93. The fourth-order valence-corrected chi connectivity index (χ4v) is 1.03. The molecule has 1 N–H and O–H groups in total. The van der Waals surface area contributed by atoms with Crippen molar-refractivity contribution in [3.8, 4) is 0 Å². The quantitative estimate of drug-likeness (QED) is 0.659. The summed E-state index contributed by atoms with van der Waals surface area (Å²) in [6, 6.07) is 3.43. The molecule has 0 amide bonds. The fourth-order valence-electron chi connectivity index (χ4n) is 0.901. The number of halogens is 1. The fraction of sp³-hybridized carbons (Fsp3) is 0. The minimum Gasteiger partial charge on any atom is -0.317 e. The third kappa shape index (κ3) is 1.06. The molecule has 0 aliphatic rings. The lowest BCUT2D eigenvalue weighted by molar-refractivity contribution is 1.17. The van der Waals surface area contributed by atoms with Crippen LogP contribution < -0.4 is 5.56 Å². The van der Waals surface area contributed by atoms with Crippen molar-refractivity contribution in [3.05, 3.63) is 33.8 Å². The molecular weight excluding hydrogens is 178 g/mol. The number of hydrogen-bond acceptors (Lipinski definition) is 3. The summed E-state index contributed by atoms with van der Waals surface area (Å²) in [5.41, 5.74) is 0.645. The lowest BCUT2D eigenvalue weighted by Crippen LogP contribution is -2.08. The molecular formula is C7H4ClN3O. The van der Waals surface area contributed by atoms with Crippen LogP contribution in [-0.2, 0) is 0 Å². The van der Waals surface area contributed by atoms with Gasteiger partial charge in [0.15, 0.2) is 10.8 Å². The van der Waals surface area contributed by atoms with Gasteiger partial charge in [0.25, 0.3) is 5.56 Å². The highest BCUT2D eigenvalue weighted by atomic mass is 35.5. The molecule has 2 heterocycles. The molecule has 0 spiro atoms. The van der Waals surface area contributed by atoms with Crippen molar-refractivity contribution in [2.24, 2.45) is 0 Å². The second kappa shape index (κ2) is 2.57. The number of aromatic amines is 1. The lowest BCUT2D eigenvalue weighted by atomic mass is 10.4. The zero-order chi connectivity index (χ0) is 8.55. The van der Waals surface area contributed by atoms with Gasteiger partial charge >= 0.3 is 0 Å². The Hall–Kier alpha value is -1.42. The van der Waals surface area contributed by atoms with Crippen LogP contribution in [0.2, 0.25) is 5.15 Å². The Labute approximate surface area is 72.2 Å². The van der Waals surface area contributed by atoms with Crippen LogP contribution in [0.15, 0.2) is 23.1 Å². The second-order valence-corrected chi connectivity index (χ2v) is 2.59. The van der Waals surface area contributed by atoms with Crippen molar-refractivity contribution in [2.75, 3.05) is 0 Å². The predicted octanol–water partition coefficient (Wildman–Crippen LogP) is 0.972. The molecule has 4 nitrogen and oxygen atoms in total. The summed E-state index contributed by atoms with van der Waals surface area (Å²) in [7, 11) is 0. The van der Waals surface area contributed by atoms with E-state index >= 15 is 0 Å². The van der Waals surface area contributed by atoms with Crippen molar-refractivity contribution >= 4 is 22.8 Å². The molecule has 0 unspecified atom stereocenters. The minimum absolute atomic E-state index is 0.0822. The van der Waals surface area contributed by atoms with Gasteiger partial charge in [-0.05, 0) is 12.1 Å². The first-order valence-corrected chi connectivity index (χ1v) is 3.66. The van der Waals surface area contributed by atoms with Gasteiger partial charge in [0.05, 0.1) is 5.52 Å². The van der Waals surface area contributed by atoms with Gasteiger partial charge in [-0.1, -0.05) is 11.6 Å². The topological polar surface area (TPSA) is 58.6 Å². The molecule has 60 valence electrons. The van der Waals surface area contributed by atoms with E-state index in [1.54, 1.807) is 18.3 Å². The molecule has 0 radical (unpaired) electrons. The number of nitrogens with one attached hydrogen (secondary N) is 1. The van der Waals surface area contributed by atoms with E-state index in [4.69, 9.17) is 11.6 Å². The maximum Gasteiger partial charge on any atom is 0.286 e. The Kier molecular flexibility index (Phi) is 1.55. The van der Waals surface area contributed by atoms with Gasteiger partial charge in [-0.3, -0.25) is 4.79 Å². The average molecular weight is 182 g/mol. The second-order valence-electron chi connectivity index (χ2n) is 2.23. The molecule has 0 saturated heterocycles. The van der Waals surface area contributed by atoms with Gasteiger partial charge in [0.2, 0.25) is 0 Å². The van der Waals surface area contributed by atoms with Crippen LogP contribution >= 0.6 is 11.6 Å². The summed E-state index contributed by atoms with van der Waals surface area (Å²) in [5.74, 6) is 0. The smallest absolute Gasteiger partial charge is 0.286 e. The van der Waals surface area contributed by atoms with Crippen molar-refractivity contribution in [1.29, 1.82) is 0 Å². The zero-order valence-electron chi connectivity index (χ0n) is 5.91. The van der Waals surface area contributed by atoms with E-state index in [-0.39, 0.29) is 5.15 Å². The monoisotopic (exact) mass is 181 g/mol. The molecule has 0 aliphatic carbocycles. The van der Waals surface area contributed by atoms with E-state index < -0.39 is 5.56 Å². The Morgan fingerprint density at radius 1 is 1.50 bits per heavy atom. The first-order valence-electron chi connectivity index (χ1n) is 3.28. The molecule has 0 aromatic carbocycles. The van der Waals surface area contributed by atoms with E-state index in [1.165, 1.54) is 0 Å². The summed E-state index contributed by atoms with van der Waals surface area (Å²) in [5, 5.41) is -0.0822. The maximum atomic E-state index is 11.0. The van der Waals surface area contributed by atoms with Gasteiger partial charge in [-0.15, -0.1) is 0 Å². The van der Waals surface area contributed by atoms with Crippen LogP contribution in [0.5, 0.6) is 0 Å². The summed E-state index contributed by atoms with van der Waals surface area (Å²) in [6.45, 7) is 0. The van der Waals surface area contributed by atoms with Crippen LogP contribution in [0.4, 0.5) is 0 Å². The lowest BCUT2D eigenvalue weighted by Gasteiger charge is -1.93. The van der Waals surface area contributed by atoms with E-state index in [0.717, 1.165) is 0 Å². The first-order chi connectivity index (χ1) is 5.77. The van der Waals surface area contributed by atoms with Crippen molar-refractivity contribution in [1.82, 2.24) is 15.0 Å². The number of rotatable bonds is 0. The highest BCUT2D eigenvalue weighted by molar-refractivity contribution is 6.29. The molecule has 0 bridgehead atoms. The molecule has 0 aliphatic heterocycles. The molecule has 0 atom stereocenters. The molecule has 0 fully saturated rings. The Morgan fingerprint density at radius 3 is 3.17 bits per heavy atom. The number of pyridine rings is 1. The molecule has 5 heteroatoms. The predicted molar refractivity (Wildman–Crippen MR) is 45.2 cm³/mol. The van der Waals surface area contributed by atoms with E-state index in [0.29, 0.717) is 11.2 Å². The summed E-state index contributed by atoms with van der Waals surface area (Å²) in [4.78, 5) is 21.2. The van der Waals surface area contributed by atoms with Gasteiger partial charge in [-0.25, -0.2) is 9.97 Å². The molecule has 0 saturated carbocycles. The van der Waals surface area contributed by atoms with Gasteiger partial charge in [0, 0.05) is 6.20 Å². The number of nitrogens with zero attached hydrogens (tertiary/aromatic N) is 2. The van der Waals surface area contributed by atoms with Crippen LogP contribution in [0.3, 0.4) is 0 Å². The standard InChI is InChI=1S/C7H4ClN3O/c8-5-7(12)10-4-2-1-3-9-6(4)11-5/h1-3H,(H,10,12). The summed E-state index contributed by atoms with van der Waals surface area (Å²) >= 11 is 5.49. The van der Waals surface area contributed by atoms with Gasteiger partial charge in [-0.2, -0.15) is 0 Å². The third-order valence-electron chi connectivity index (χ3n) is 1.43. The largest absolute Gasteiger partial charge is 0.317 e. The SMILES string of the molecule is O=c1[nH]c2cccnc2nc1Cl. The molecule has 2 rings (SSSR count). The Morgan fingerprint density at radius 2 is 2.33 bits per heavy atom. The van der Waals surface area contributed by atoms with E-state index in [9.17, 15) is 4.79 Å². The maximum absolute atomic E-state index is 11.0. The van der Waals surface area contributed by atoms with Crippen molar-refractivity contribution in [3.63, 3.8) is 0 Å². The normalized spacial score (nSPS) is 10.4. The number of H-pyrrole nitrogens is 1. The number of fused-ring (bicyclic) bond motifs is 1. The molecule has 2 aromatic heterocycles. The summed E-state index contributed by atoms with van der Waals surface area (Å²) in [6.07, 6.45) is 1.59. The number of aromatic nitrogens is 3.